The van der Waals surface area contributed by atoms with E-state index in [9.17, 15) is 14.9 Å². The van der Waals surface area contributed by atoms with E-state index in [1.165, 1.54) is 4.90 Å². The van der Waals surface area contributed by atoms with Crippen LogP contribution >= 0.6 is 15.9 Å². The van der Waals surface area contributed by atoms with Crippen molar-refractivity contribution in [3.8, 4) is 0 Å². The molecule has 0 fully saturated rings. The summed E-state index contributed by atoms with van der Waals surface area (Å²) in [6, 6.07) is 11.2. The summed E-state index contributed by atoms with van der Waals surface area (Å²) in [6.07, 6.45) is 1.74. The first kappa shape index (κ1) is 16.8. The first-order valence-electron chi connectivity index (χ1n) is 8.13. The number of amides is 1. The maximum absolute atomic E-state index is 13.4. The molecule has 1 aromatic heterocycles. The number of fused-ring (bicyclic) bond motifs is 2. The van der Waals surface area contributed by atoms with Crippen LogP contribution < -0.4 is 4.90 Å². The number of anilines is 1. The van der Waals surface area contributed by atoms with Crippen molar-refractivity contribution in [2.45, 2.75) is 12.3 Å². The molecule has 0 spiro atoms. The topological polar surface area (TPSA) is 79.2 Å². The Balaban J connectivity index is 2.11. The number of H-pyrrole nitrogens is 1. The zero-order valence-electron chi connectivity index (χ0n) is 14.2. The first-order valence-corrected chi connectivity index (χ1v) is 8.92. The minimum absolute atomic E-state index is 0.287. The van der Waals surface area contributed by atoms with Crippen molar-refractivity contribution in [1.29, 1.82) is 0 Å². The Kier molecular flexibility index (Phi) is 3.66. The number of hydrogen-bond donors (Lipinski definition) is 1. The van der Waals surface area contributed by atoms with Crippen molar-refractivity contribution in [2.24, 2.45) is 0 Å². The number of benzene rings is 2. The molecule has 0 unspecified atom stereocenters. The van der Waals surface area contributed by atoms with Gasteiger partial charge in [-0.3, -0.25) is 14.9 Å². The molecule has 7 heteroatoms. The van der Waals surface area contributed by atoms with E-state index >= 15 is 0 Å². The Morgan fingerprint density at radius 1 is 1.27 bits per heavy atom. The predicted molar refractivity (Wildman–Crippen MR) is 103 cm³/mol. The summed E-state index contributed by atoms with van der Waals surface area (Å²) < 4.78 is 0.781. The molecule has 2 heterocycles. The van der Waals surface area contributed by atoms with Gasteiger partial charge in [0.15, 0.2) is 5.41 Å². The molecule has 4 rings (SSSR count). The molecule has 1 aliphatic heterocycles. The lowest BCUT2D eigenvalue weighted by molar-refractivity contribution is -0.486. The van der Waals surface area contributed by atoms with Gasteiger partial charge in [-0.25, -0.2) is 0 Å². The van der Waals surface area contributed by atoms with Crippen LogP contribution in [-0.4, -0.2) is 29.4 Å². The highest BCUT2D eigenvalue weighted by Crippen LogP contribution is 2.48. The van der Waals surface area contributed by atoms with Crippen LogP contribution in [0.2, 0.25) is 0 Å². The van der Waals surface area contributed by atoms with E-state index in [-0.39, 0.29) is 5.91 Å². The molecule has 0 saturated heterocycles. The summed E-state index contributed by atoms with van der Waals surface area (Å²) in [4.78, 5) is 29.3. The Bertz CT molecular complexity index is 1080. The summed E-state index contributed by atoms with van der Waals surface area (Å²) in [7, 11) is 1.66. The lowest BCUT2D eigenvalue weighted by Crippen LogP contribution is -2.44. The zero-order valence-corrected chi connectivity index (χ0v) is 15.8. The van der Waals surface area contributed by atoms with Crippen molar-refractivity contribution < 1.29 is 9.72 Å². The van der Waals surface area contributed by atoms with E-state index in [0.717, 1.165) is 20.9 Å². The molecular weight excluding hydrogens is 398 g/mol. The molecule has 1 N–H and O–H groups in total. The summed E-state index contributed by atoms with van der Waals surface area (Å²) in [6.45, 7) is 1.47. The van der Waals surface area contributed by atoms with Gasteiger partial charge < -0.3 is 9.88 Å². The summed E-state index contributed by atoms with van der Waals surface area (Å²) in [5, 5.41) is 12.5. The fourth-order valence-corrected chi connectivity index (χ4v) is 4.37. The number of rotatable bonds is 3. The van der Waals surface area contributed by atoms with Gasteiger partial charge in [0.25, 0.3) is 0 Å². The molecule has 1 aliphatic rings. The molecule has 1 amide bonds. The molecule has 0 radical (unpaired) electrons. The van der Waals surface area contributed by atoms with E-state index in [2.05, 4.69) is 20.9 Å². The molecule has 1 atom stereocenters. The standard InChI is InChI=1S/C19H16BrN3O3/c1-11-4-3-5-13-15(9-21-17(11)13)19(10-23(25)26)14-8-12(20)6-7-16(14)22(2)18(19)24/h3-9,21H,10H2,1-2H3/t19-/m1/s1. The largest absolute Gasteiger partial charge is 0.361 e. The van der Waals surface area contributed by atoms with Gasteiger partial charge in [-0.2, -0.15) is 0 Å². The maximum Gasteiger partial charge on any atom is 0.248 e. The number of nitrogens with zero attached hydrogens (tertiary/aromatic N) is 2. The zero-order chi connectivity index (χ0) is 18.6. The molecule has 26 heavy (non-hydrogen) atoms. The van der Waals surface area contributed by atoms with Crippen LogP contribution in [-0.2, 0) is 10.2 Å². The molecule has 0 aliphatic carbocycles. The van der Waals surface area contributed by atoms with Crippen LogP contribution in [0.4, 0.5) is 5.69 Å². The average Bonchev–Trinajstić information content (AvgIpc) is 3.11. The Labute approximate surface area is 158 Å². The summed E-state index contributed by atoms with van der Waals surface area (Å²) >= 11 is 3.44. The minimum atomic E-state index is -1.36. The number of aromatic nitrogens is 1. The smallest absolute Gasteiger partial charge is 0.248 e. The summed E-state index contributed by atoms with van der Waals surface area (Å²) in [5.74, 6) is -0.287. The van der Waals surface area contributed by atoms with E-state index in [4.69, 9.17) is 0 Å². The highest BCUT2D eigenvalue weighted by atomic mass is 79.9. The van der Waals surface area contributed by atoms with Gasteiger partial charge >= 0.3 is 0 Å². The molecule has 0 bridgehead atoms. The molecule has 0 saturated carbocycles. The molecule has 132 valence electrons. The number of hydrogen-bond acceptors (Lipinski definition) is 3. The van der Waals surface area contributed by atoms with Crippen LogP contribution in [0, 0.1) is 17.0 Å². The van der Waals surface area contributed by atoms with Gasteiger partial charge in [0.2, 0.25) is 12.5 Å². The van der Waals surface area contributed by atoms with Crippen LogP contribution in [0.25, 0.3) is 10.9 Å². The fourth-order valence-electron chi connectivity index (χ4n) is 4.00. The second-order valence-electron chi connectivity index (χ2n) is 6.62. The Morgan fingerprint density at radius 3 is 2.77 bits per heavy atom. The molecule has 3 aromatic rings. The van der Waals surface area contributed by atoms with Crippen LogP contribution in [0.3, 0.4) is 0 Å². The Morgan fingerprint density at radius 2 is 2.04 bits per heavy atom. The van der Waals surface area contributed by atoms with E-state index in [0.29, 0.717) is 16.8 Å². The van der Waals surface area contributed by atoms with Gasteiger partial charge in [0, 0.05) is 50.4 Å². The third-order valence-electron chi connectivity index (χ3n) is 5.20. The van der Waals surface area contributed by atoms with Crippen molar-refractivity contribution in [3.63, 3.8) is 0 Å². The maximum atomic E-state index is 13.4. The van der Waals surface area contributed by atoms with Crippen molar-refractivity contribution in [1.82, 2.24) is 4.98 Å². The number of nitro groups is 1. The van der Waals surface area contributed by atoms with Crippen LogP contribution in [0.15, 0.2) is 47.1 Å². The second-order valence-corrected chi connectivity index (χ2v) is 7.54. The number of likely N-dealkylation sites (N-methyl/N-ethyl adjacent to an activating group) is 1. The highest BCUT2D eigenvalue weighted by Gasteiger charge is 2.56. The number of para-hydroxylation sites is 1. The van der Waals surface area contributed by atoms with Gasteiger partial charge in [0.1, 0.15) is 0 Å². The van der Waals surface area contributed by atoms with E-state index < -0.39 is 16.9 Å². The number of aromatic amines is 1. The van der Waals surface area contributed by atoms with Gasteiger partial charge in [-0.15, -0.1) is 0 Å². The average molecular weight is 414 g/mol. The minimum Gasteiger partial charge on any atom is -0.361 e. The van der Waals surface area contributed by atoms with Gasteiger partial charge in [-0.05, 0) is 30.7 Å². The normalized spacial score (nSPS) is 19.2. The first-order chi connectivity index (χ1) is 12.4. The number of halogens is 1. The third-order valence-corrected chi connectivity index (χ3v) is 5.69. The molecule has 2 aromatic carbocycles. The summed E-state index contributed by atoms with van der Waals surface area (Å²) in [5.41, 5.74) is 2.55. The van der Waals surface area contributed by atoms with E-state index in [1.807, 2.05) is 43.3 Å². The van der Waals surface area contributed by atoms with Crippen molar-refractivity contribution in [2.75, 3.05) is 18.5 Å². The van der Waals surface area contributed by atoms with Crippen LogP contribution in [0.5, 0.6) is 0 Å². The quantitative estimate of drug-likeness (QED) is 0.523. The number of carbonyl (C=O) groups excluding carboxylic acids is 1. The highest BCUT2D eigenvalue weighted by molar-refractivity contribution is 9.10. The second kappa shape index (κ2) is 5.67. The number of carbonyl (C=O) groups is 1. The van der Waals surface area contributed by atoms with E-state index in [1.54, 1.807) is 13.2 Å². The lowest BCUT2D eigenvalue weighted by Gasteiger charge is -2.24. The SMILES string of the molecule is Cc1cccc2c([C@]3(C[N+](=O)[O-])C(=O)N(C)c4ccc(Br)cc43)c[nH]c12. The number of aryl methyl sites for hydroxylation is 1. The Hall–Kier alpha value is -2.67. The van der Waals surface area contributed by atoms with Gasteiger partial charge in [-0.1, -0.05) is 34.1 Å². The number of nitrogens with one attached hydrogen (secondary N) is 1. The predicted octanol–water partition coefficient (Wildman–Crippen LogP) is 3.78. The fraction of sp³-hybridized carbons (Fsp3) is 0.211. The van der Waals surface area contributed by atoms with Gasteiger partial charge in [0.05, 0.1) is 0 Å². The molecular formula is C19H16BrN3O3. The monoisotopic (exact) mass is 413 g/mol. The van der Waals surface area contributed by atoms with Crippen molar-refractivity contribution >= 4 is 38.4 Å². The lowest BCUT2D eigenvalue weighted by atomic mass is 9.75. The van der Waals surface area contributed by atoms with Crippen LogP contribution in [0.1, 0.15) is 16.7 Å². The third kappa shape index (κ3) is 2.13. The molecule has 6 nitrogen and oxygen atoms in total. The van der Waals surface area contributed by atoms with Crippen molar-refractivity contribution in [3.05, 3.63) is 73.9 Å².